The number of carbonyl (C=O) groups excluding carboxylic acids is 2. The van der Waals surface area contributed by atoms with E-state index in [0.717, 1.165) is 39.1 Å². The Morgan fingerprint density at radius 3 is 2.73 bits per heavy atom. The normalized spacial score (nSPS) is 38.7. The molecule has 0 aromatic carbocycles. The number of hydrogen-bond donors (Lipinski definition) is 4. The number of piperidine rings is 2. The summed E-state index contributed by atoms with van der Waals surface area (Å²) in [4.78, 5) is 27.2. The van der Waals surface area contributed by atoms with Crippen molar-refractivity contribution < 1.29 is 14.3 Å². The van der Waals surface area contributed by atoms with Crippen LogP contribution in [0.25, 0.3) is 0 Å². The third kappa shape index (κ3) is 4.48. The van der Waals surface area contributed by atoms with E-state index < -0.39 is 12.1 Å². The average molecular weight is 388 g/mol. The summed E-state index contributed by atoms with van der Waals surface area (Å²) in [5.74, 6) is -0.900. The van der Waals surface area contributed by atoms with Crippen molar-refractivity contribution in [2.45, 2.75) is 55.9 Å². The highest BCUT2D eigenvalue weighted by atomic mass is 35.5. The zero-order chi connectivity index (χ0) is 18.7. The molecule has 9 heteroatoms. The minimum Gasteiger partial charge on any atom is -0.469 e. The number of rotatable bonds is 4. The van der Waals surface area contributed by atoms with Gasteiger partial charge in [-0.2, -0.15) is 0 Å². The van der Waals surface area contributed by atoms with Gasteiger partial charge in [-0.1, -0.05) is 0 Å². The number of carbonyl (C=O) groups is 2. The maximum absolute atomic E-state index is 12.7. The van der Waals surface area contributed by atoms with E-state index in [1.54, 1.807) is 0 Å². The smallest absolute Gasteiger partial charge is 0.312 e. The van der Waals surface area contributed by atoms with Crippen molar-refractivity contribution in [2.75, 3.05) is 33.4 Å². The number of methoxy groups -OCH3 is 1. The lowest BCUT2D eigenvalue weighted by atomic mass is 9.91. The summed E-state index contributed by atoms with van der Waals surface area (Å²) in [5, 5.41) is 12.8. The van der Waals surface area contributed by atoms with Crippen LogP contribution in [-0.4, -0.2) is 79.9 Å². The van der Waals surface area contributed by atoms with Crippen molar-refractivity contribution in [3.8, 4) is 0 Å². The van der Waals surface area contributed by atoms with Gasteiger partial charge in [0.15, 0.2) is 0 Å². The molecule has 3 saturated heterocycles. The maximum atomic E-state index is 12.7. The summed E-state index contributed by atoms with van der Waals surface area (Å²) < 4.78 is 4.89. The number of esters is 1. The fourth-order valence-corrected chi connectivity index (χ4v) is 4.34. The van der Waals surface area contributed by atoms with Crippen molar-refractivity contribution in [1.29, 1.82) is 0 Å². The molecule has 0 aliphatic carbocycles. The first-order chi connectivity index (χ1) is 12.5. The molecule has 6 unspecified atom stereocenters. The Balaban J connectivity index is 1.53. The molecule has 26 heavy (non-hydrogen) atoms. The topological polar surface area (TPSA) is 94.7 Å². The van der Waals surface area contributed by atoms with Crippen molar-refractivity contribution >= 4 is 23.5 Å². The van der Waals surface area contributed by atoms with Crippen LogP contribution in [0.3, 0.4) is 0 Å². The Hall–Kier alpha value is -0.930. The number of hydrogen-bond acceptors (Lipinski definition) is 7. The quantitative estimate of drug-likeness (QED) is 0.370. The van der Waals surface area contributed by atoms with Gasteiger partial charge in [0.05, 0.1) is 25.2 Å². The average Bonchev–Trinajstić information content (AvgIpc) is 3.18. The zero-order valence-electron chi connectivity index (χ0n) is 15.5. The molecule has 0 aromatic rings. The summed E-state index contributed by atoms with van der Waals surface area (Å²) in [6.45, 7) is 5.78. The van der Waals surface area contributed by atoms with Gasteiger partial charge >= 0.3 is 5.97 Å². The number of ether oxygens (including phenoxy) is 1. The Morgan fingerprint density at radius 2 is 2.12 bits per heavy atom. The lowest BCUT2D eigenvalue weighted by molar-refractivity contribution is -0.148. The van der Waals surface area contributed by atoms with Gasteiger partial charge in [0.25, 0.3) is 0 Å². The van der Waals surface area contributed by atoms with Crippen LogP contribution < -0.4 is 21.3 Å². The first kappa shape index (κ1) is 19.8. The van der Waals surface area contributed by atoms with Crippen molar-refractivity contribution in [1.82, 2.24) is 26.2 Å². The SMILES string of the molecule is COC(=O)C1CC(Cl)C(C)NC1NC(=O)C1CCC(N2CCNC2)CN1. The van der Waals surface area contributed by atoms with Gasteiger partial charge < -0.3 is 20.7 Å². The second-order valence-corrected chi connectivity index (χ2v) is 8.05. The predicted octanol–water partition coefficient (Wildman–Crippen LogP) is -0.810. The molecule has 0 aromatic heterocycles. The number of alkyl halides is 1. The predicted molar refractivity (Wildman–Crippen MR) is 98.7 cm³/mol. The standard InChI is InChI=1S/C17H30ClN5O3/c1-10-13(18)7-12(17(25)26-2)15(21-10)22-16(24)14-4-3-11(8-20-14)23-6-5-19-9-23/h10-15,19-21H,3-9H2,1-2H3,(H,22,24). The molecule has 3 fully saturated rings. The molecule has 0 bridgehead atoms. The third-order valence-electron chi connectivity index (χ3n) is 5.78. The van der Waals surface area contributed by atoms with Crippen LogP contribution in [0.15, 0.2) is 0 Å². The molecule has 8 nitrogen and oxygen atoms in total. The Bertz CT molecular complexity index is 509. The lowest BCUT2D eigenvalue weighted by Gasteiger charge is -2.39. The van der Waals surface area contributed by atoms with Gasteiger partial charge in [-0.25, -0.2) is 0 Å². The van der Waals surface area contributed by atoms with Gasteiger partial charge in [-0.15, -0.1) is 11.6 Å². The fourth-order valence-electron chi connectivity index (χ4n) is 4.08. The summed E-state index contributed by atoms with van der Waals surface area (Å²) in [5.41, 5.74) is 0. The summed E-state index contributed by atoms with van der Waals surface area (Å²) in [6.07, 6.45) is 1.80. The van der Waals surface area contributed by atoms with Crippen LogP contribution in [0.2, 0.25) is 0 Å². The van der Waals surface area contributed by atoms with E-state index in [2.05, 4.69) is 26.2 Å². The largest absolute Gasteiger partial charge is 0.469 e. The van der Waals surface area contributed by atoms with E-state index in [4.69, 9.17) is 16.3 Å². The van der Waals surface area contributed by atoms with Gasteiger partial charge in [0.2, 0.25) is 5.91 Å². The van der Waals surface area contributed by atoms with Crippen molar-refractivity contribution in [3.63, 3.8) is 0 Å². The first-order valence-corrected chi connectivity index (χ1v) is 9.89. The number of halogens is 1. The van der Waals surface area contributed by atoms with E-state index in [1.165, 1.54) is 7.11 Å². The second-order valence-electron chi connectivity index (χ2n) is 7.49. The van der Waals surface area contributed by atoms with Crippen molar-refractivity contribution in [2.24, 2.45) is 5.92 Å². The van der Waals surface area contributed by atoms with Crippen LogP contribution in [0.5, 0.6) is 0 Å². The highest BCUT2D eigenvalue weighted by Crippen LogP contribution is 2.25. The van der Waals surface area contributed by atoms with Gasteiger partial charge in [0.1, 0.15) is 0 Å². The molecule has 0 saturated carbocycles. The first-order valence-electron chi connectivity index (χ1n) is 9.46. The lowest BCUT2D eigenvalue weighted by Crippen LogP contribution is -2.64. The minimum absolute atomic E-state index is 0.00855. The molecule has 3 heterocycles. The minimum atomic E-state index is -0.477. The Morgan fingerprint density at radius 1 is 1.31 bits per heavy atom. The van der Waals surface area contributed by atoms with Gasteiger partial charge in [-0.3, -0.25) is 19.8 Å². The summed E-state index contributed by atoms with van der Waals surface area (Å²) >= 11 is 6.29. The highest BCUT2D eigenvalue weighted by Gasteiger charge is 2.40. The Kier molecular flexibility index (Phi) is 6.74. The van der Waals surface area contributed by atoms with Crippen LogP contribution in [0.1, 0.15) is 26.2 Å². The van der Waals surface area contributed by atoms with Gasteiger partial charge in [0, 0.05) is 43.8 Å². The molecular weight excluding hydrogens is 358 g/mol. The van der Waals surface area contributed by atoms with Crippen LogP contribution in [-0.2, 0) is 14.3 Å². The molecule has 3 aliphatic rings. The van der Waals surface area contributed by atoms with E-state index in [9.17, 15) is 9.59 Å². The molecular formula is C17H30ClN5O3. The number of nitrogens with zero attached hydrogens (tertiary/aromatic N) is 1. The summed E-state index contributed by atoms with van der Waals surface area (Å²) in [7, 11) is 1.36. The molecule has 6 atom stereocenters. The molecule has 4 N–H and O–H groups in total. The van der Waals surface area contributed by atoms with Crippen molar-refractivity contribution in [3.05, 3.63) is 0 Å². The Labute approximate surface area is 159 Å². The molecule has 148 valence electrons. The van der Waals surface area contributed by atoms with Crippen LogP contribution in [0.4, 0.5) is 0 Å². The van der Waals surface area contributed by atoms with E-state index in [-0.39, 0.29) is 29.3 Å². The van der Waals surface area contributed by atoms with Crippen LogP contribution in [0, 0.1) is 5.92 Å². The van der Waals surface area contributed by atoms with E-state index in [1.807, 2.05) is 6.92 Å². The molecule has 1 amide bonds. The van der Waals surface area contributed by atoms with Crippen LogP contribution >= 0.6 is 11.6 Å². The third-order valence-corrected chi connectivity index (χ3v) is 6.34. The molecule has 0 spiro atoms. The second kappa shape index (κ2) is 8.84. The molecule has 3 aliphatic heterocycles. The van der Waals surface area contributed by atoms with E-state index in [0.29, 0.717) is 12.5 Å². The fraction of sp³-hybridized carbons (Fsp3) is 0.882. The van der Waals surface area contributed by atoms with Gasteiger partial charge in [-0.05, 0) is 26.2 Å². The zero-order valence-corrected chi connectivity index (χ0v) is 16.2. The summed E-state index contributed by atoms with van der Waals surface area (Å²) in [6, 6.07) is 0.252. The molecule has 3 rings (SSSR count). The molecule has 0 radical (unpaired) electrons. The number of nitrogens with one attached hydrogen (secondary N) is 4. The number of amides is 1. The highest BCUT2D eigenvalue weighted by molar-refractivity contribution is 6.21. The monoisotopic (exact) mass is 387 g/mol. The van der Waals surface area contributed by atoms with E-state index >= 15 is 0 Å². The maximum Gasteiger partial charge on any atom is 0.312 e.